The van der Waals surface area contributed by atoms with E-state index in [-0.39, 0.29) is 6.04 Å². The summed E-state index contributed by atoms with van der Waals surface area (Å²) >= 11 is 0. The predicted octanol–water partition coefficient (Wildman–Crippen LogP) is 0.221. The summed E-state index contributed by atoms with van der Waals surface area (Å²) in [6.07, 6.45) is 5.04. The highest BCUT2D eigenvalue weighted by Gasteiger charge is 2.37. The van der Waals surface area contributed by atoms with Crippen molar-refractivity contribution in [1.82, 2.24) is 25.9 Å². The Balaban J connectivity index is 1.59. The molecule has 1 aliphatic carbocycles. The lowest BCUT2D eigenvalue weighted by molar-refractivity contribution is -0.141. The first-order chi connectivity index (χ1) is 9.22. The van der Waals surface area contributed by atoms with Gasteiger partial charge >= 0.3 is 5.97 Å². The maximum absolute atomic E-state index is 11.1. The Kier molecular flexibility index (Phi) is 3.46. The summed E-state index contributed by atoms with van der Waals surface area (Å²) in [7, 11) is 0. The molecule has 0 bridgehead atoms. The number of hydrogen-bond acceptors (Lipinski definition) is 5. The Morgan fingerprint density at radius 3 is 2.95 bits per heavy atom. The smallest absolute Gasteiger partial charge is 0.320 e. The molecule has 1 aliphatic heterocycles. The quantitative estimate of drug-likeness (QED) is 0.722. The van der Waals surface area contributed by atoms with Crippen LogP contribution >= 0.6 is 0 Å². The summed E-state index contributed by atoms with van der Waals surface area (Å²) in [5.41, 5.74) is 0. The normalized spacial score (nSPS) is 34.7. The average Bonchev–Trinajstić information content (AvgIpc) is 2.90. The Hall–Kier alpha value is -1.50. The van der Waals surface area contributed by atoms with Gasteiger partial charge in [0.2, 0.25) is 0 Å². The van der Waals surface area contributed by atoms with Crippen molar-refractivity contribution in [3.63, 3.8) is 0 Å². The van der Waals surface area contributed by atoms with E-state index in [1.807, 2.05) is 0 Å². The fourth-order valence-electron chi connectivity index (χ4n) is 3.56. The van der Waals surface area contributed by atoms with Gasteiger partial charge in [-0.1, -0.05) is 5.21 Å². The lowest BCUT2D eigenvalue weighted by Crippen LogP contribution is -2.49. The molecule has 1 aromatic rings. The van der Waals surface area contributed by atoms with Crippen LogP contribution in [0.3, 0.4) is 0 Å². The Morgan fingerprint density at radius 2 is 2.21 bits per heavy atom. The first kappa shape index (κ1) is 12.5. The highest BCUT2D eigenvalue weighted by molar-refractivity contribution is 5.73. The number of piperidine rings is 1. The third kappa shape index (κ3) is 2.75. The SMILES string of the molecule is O=C(O)[C@H]1C[C@H]2C[C@@H](Cc3nn[nH]n3)CC[C@H]2CN1. The first-order valence-electron chi connectivity index (χ1n) is 6.91. The number of aromatic nitrogens is 4. The van der Waals surface area contributed by atoms with E-state index in [4.69, 9.17) is 5.11 Å². The molecule has 2 heterocycles. The van der Waals surface area contributed by atoms with Gasteiger partial charge in [0.15, 0.2) is 5.82 Å². The van der Waals surface area contributed by atoms with Crippen LogP contribution in [0.5, 0.6) is 0 Å². The third-order valence-corrected chi connectivity index (χ3v) is 4.57. The van der Waals surface area contributed by atoms with Crippen molar-refractivity contribution in [2.45, 2.75) is 38.1 Å². The molecule has 104 valence electrons. The molecule has 4 atom stereocenters. The molecule has 3 rings (SSSR count). The van der Waals surface area contributed by atoms with Gasteiger partial charge in [0.1, 0.15) is 6.04 Å². The van der Waals surface area contributed by atoms with Crippen LogP contribution in [0.15, 0.2) is 0 Å². The summed E-state index contributed by atoms with van der Waals surface area (Å²) < 4.78 is 0. The maximum Gasteiger partial charge on any atom is 0.320 e. The first-order valence-corrected chi connectivity index (χ1v) is 6.91. The van der Waals surface area contributed by atoms with E-state index >= 15 is 0 Å². The van der Waals surface area contributed by atoms with Crippen LogP contribution in [0.4, 0.5) is 0 Å². The van der Waals surface area contributed by atoms with Crippen molar-refractivity contribution in [3.8, 4) is 0 Å². The molecule has 7 heteroatoms. The van der Waals surface area contributed by atoms with E-state index in [1.54, 1.807) is 0 Å². The number of carboxylic acid groups (broad SMARTS) is 1. The van der Waals surface area contributed by atoms with Gasteiger partial charge in [-0.25, -0.2) is 0 Å². The Morgan fingerprint density at radius 1 is 1.32 bits per heavy atom. The molecule has 3 N–H and O–H groups in total. The van der Waals surface area contributed by atoms with Gasteiger partial charge in [0.25, 0.3) is 0 Å². The van der Waals surface area contributed by atoms with Crippen molar-refractivity contribution in [2.75, 3.05) is 6.54 Å². The van der Waals surface area contributed by atoms with Crippen LogP contribution in [0.1, 0.15) is 31.5 Å². The van der Waals surface area contributed by atoms with Gasteiger partial charge in [-0.15, -0.1) is 10.2 Å². The second-order valence-corrected chi connectivity index (χ2v) is 5.77. The number of tetrazole rings is 1. The molecule has 0 amide bonds. The molecule has 19 heavy (non-hydrogen) atoms. The molecular weight excluding hydrogens is 246 g/mol. The van der Waals surface area contributed by atoms with Gasteiger partial charge < -0.3 is 10.4 Å². The zero-order valence-electron chi connectivity index (χ0n) is 10.7. The minimum atomic E-state index is -0.723. The lowest BCUT2D eigenvalue weighted by Gasteiger charge is -2.41. The summed E-state index contributed by atoms with van der Waals surface area (Å²) in [4.78, 5) is 11.1. The molecule has 1 aromatic heterocycles. The third-order valence-electron chi connectivity index (χ3n) is 4.57. The zero-order valence-corrected chi connectivity index (χ0v) is 10.7. The van der Waals surface area contributed by atoms with Gasteiger partial charge in [-0.3, -0.25) is 4.79 Å². The van der Waals surface area contributed by atoms with Crippen LogP contribution in [0.25, 0.3) is 0 Å². The van der Waals surface area contributed by atoms with E-state index in [0.717, 1.165) is 31.6 Å². The van der Waals surface area contributed by atoms with Gasteiger partial charge in [0.05, 0.1) is 0 Å². The van der Waals surface area contributed by atoms with E-state index < -0.39 is 5.97 Å². The maximum atomic E-state index is 11.1. The average molecular weight is 265 g/mol. The molecule has 7 nitrogen and oxygen atoms in total. The molecule has 0 unspecified atom stereocenters. The molecule has 0 radical (unpaired) electrons. The number of carbonyl (C=O) groups is 1. The van der Waals surface area contributed by atoms with Crippen LogP contribution in [0, 0.1) is 17.8 Å². The number of aliphatic carboxylic acids is 1. The number of nitrogens with one attached hydrogen (secondary N) is 2. The van der Waals surface area contributed by atoms with Crippen LogP contribution in [-0.4, -0.2) is 44.3 Å². The Bertz CT molecular complexity index is 435. The minimum absolute atomic E-state index is 0.370. The largest absolute Gasteiger partial charge is 0.480 e. The topological polar surface area (TPSA) is 104 Å². The van der Waals surface area contributed by atoms with Crippen molar-refractivity contribution < 1.29 is 9.90 Å². The predicted molar refractivity (Wildman–Crippen MR) is 66.2 cm³/mol. The lowest BCUT2D eigenvalue weighted by atomic mass is 9.69. The van der Waals surface area contributed by atoms with E-state index in [2.05, 4.69) is 25.9 Å². The number of rotatable bonds is 3. The second-order valence-electron chi connectivity index (χ2n) is 5.77. The summed E-state index contributed by atoms with van der Waals surface area (Å²) in [6.45, 7) is 0.844. The number of aromatic amines is 1. The van der Waals surface area contributed by atoms with Crippen LogP contribution < -0.4 is 5.32 Å². The summed E-state index contributed by atoms with van der Waals surface area (Å²) in [6, 6.07) is -0.370. The van der Waals surface area contributed by atoms with Crippen molar-refractivity contribution in [3.05, 3.63) is 5.82 Å². The summed E-state index contributed by atoms with van der Waals surface area (Å²) in [5, 5.41) is 26.3. The second kappa shape index (κ2) is 5.24. The number of nitrogens with zero attached hydrogens (tertiary/aromatic N) is 3. The fourth-order valence-corrected chi connectivity index (χ4v) is 3.56. The number of hydrogen-bond donors (Lipinski definition) is 3. The number of H-pyrrole nitrogens is 1. The minimum Gasteiger partial charge on any atom is -0.480 e. The molecule has 1 saturated heterocycles. The zero-order chi connectivity index (χ0) is 13.2. The number of carboxylic acids is 1. The molecule has 0 spiro atoms. The number of fused-ring (bicyclic) bond motifs is 1. The van der Waals surface area contributed by atoms with E-state index in [9.17, 15) is 4.79 Å². The van der Waals surface area contributed by atoms with Crippen LogP contribution in [0.2, 0.25) is 0 Å². The highest BCUT2D eigenvalue weighted by Crippen LogP contribution is 2.39. The molecule has 2 fully saturated rings. The van der Waals surface area contributed by atoms with Gasteiger partial charge in [-0.05, 0) is 50.0 Å². The van der Waals surface area contributed by atoms with E-state index in [0.29, 0.717) is 17.8 Å². The van der Waals surface area contributed by atoms with E-state index in [1.165, 1.54) is 12.8 Å². The van der Waals surface area contributed by atoms with Gasteiger partial charge in [0, 0.05) is 6.42 Å². The molecule has 2 aliphatic rings. The standard InChI is InChI=1S/C12H19N5O2/c18-12(19)10-5-9-3-7(1-2-8(9)6-13-10)4-11-14-16-17-15-11/h7-10,13H,1-6H2,(H,18,19)(H,14,15,16,17)/t7-,8-,9+,10+/m0/s1. The Labute approximate surface area is 111 Å². The van der Waals surface area contributed by atoms with Crippen LogP contribution in [-0.2, 0) is 11.2 Å². The monoisotopic (exact) mass is 265 g/mol. The van der Waals surface area contributed by atoms with Crippen molar-refractivity contribution in [2.24, 2.45) is 17.8 Å². The molecule has 0 aromatic carbocycles. The highest BCUT2D eigenvalue weighted by atomic mass is 16.4. The van der Waals surface area contributed by atoms with Crippen molar-refractivity contribution >= 4 is 5.97 Å². The molecular formula is C12H19N5O2. The van der Waals surface area contributed by atoms with Crippen molar-refractivity contribution in [1.29, 1.82) is 0 Å². The molecule has 1 saturated carbocycles. The van der Waals surface area contributed by atoms with Gasteiger partial charge in [-0.2, -0.15) is 5.21 Å². The summed E-state index contributed by atoms with van der Waals surface area (Å²) in [5.74, 6) is 1.77. The fraction of sp³-hybridized carbons (Fsp3) is 0.833.